The van der Waals surface area contributed by atoms with E-state index in [9.17, 15) is 8.78 Å². The molecule has 2 nitrogen and oxygen atoms in total. The van der Waals surface area contributed by atoms with Crippen LogP contribution in [-0.2, 0) is 0 Å². The number of alkyl halides is 2. The summed E-state index contributed by atoms with van der Waals surface area (Å²) in [4.78, 5) is 0. The molecular weight excluding hydrogens is 200 g/mol. The van der Waals surface area contributed by atoms with Gasteiger partial charge in [-0.3, -0.25) is 0 Å². The maximum Gasteiger partial charge on any atom is 0.257 e. The zero-order valence-corrected chi connectivity index (χ0v) is 8.84. The second-order valence-electron chi connectivity index (χ2n) is 3.31. The van der Waals surface area contributed by atoms with E-state index in [0.29, 0.717) is 17.9 Å². The van der Waals surface area contributed by atoms with Crippen LogP contribution in [-0.4, -0.2) is 13.0 Å². The van der Waals surface area contributed by atoms with Gasteiger partial charge in [-0.25, -0.2) is 8.78 Å². The molecule has 1 unspecified atom stereocenters. The Morgan fingerprint density at radius 3 is 2.53 bits per heavy atom. The van der Waals surface area contributed by atoms with Gasteiger partial charge in [0, 0.05) is 0 Å². The second kappa shape index (κ2) is 5.07. The van der Waals surface area contributed by atoms with Crippen LogP contribution < -0.4 is 10.5 Å². The Morgan fingerprint density at radius 1 is 1.40 bits per heavy atom. The van der Waals surface area contributed by atoms with Crippen LogP contribution in [0.4, 0.5) is 8.78 Å². The van der Waals surface area contributed by atoms with Gasteiger partial charge in [0.25, 0.3) is 6.43 Å². The number of rotatable bonds is 4. The highest BCUT2D eigenvalue weighted by Crippen LogP contribution is 2.24. The van der Waals surface area contributed by atoms with E-state index >= 15 is 0 Å². The molecule has 0 aliphatic heterocycles. The van der Waals surface area contributed by atoms with Crippen molar-refractivity contribution in [1.29, 1.82) is 0 Å². The van der Waals surface area contributed by atoms with Crippen LogP contribution in [0, 0.1) is 6.92 Å². The highest BCUT2D eigenvalue weighted by Gasteiger charge is 2.19. The summed E-state index contributed by atoms with van der Waals surface area (Å²) in [5, 5.41) is 0. The molecule has 0 saturated heterocycles. The number of aryl methyl sites for hydroxylation is 1. The Labute approximate surface area is 88.0 Å². The number of halogens is 2. The molecule has 0 fully saturated rings. The van der Waals surface area contributed by atoms with Gasteiger partial charge in [-0.2, -0.15) is 0 Å². The normalized spacial score (nSPS) is 12.9. The molecule has 0 aromatic heterocycles. The first kappa shape index (κ1) is 11.9. The van der Waals surface area contributed by atoms with Crippen molar-refractivity contribution in [3.05, 3.63) is 29.3 Å². The van der Waals surface area contributed by atoms with Crippen LogP contribution in [0.3, 0.4) is 0 Å². The first-order valence-electron chi connectivity index (χ1n) is 4.83. The van der Waals surface area contributed by atoms with Gasteiger partial charge in [-0.15, -0.1) is 0 Å². The SMILES string of the molecule is CCOc1ccc(C(N)C(F)F)c(C)c1. The highest BCUT2D eigenvalue weighted by atomic mass is 19.3. The van der Waals surface area contributed by atoms with E-state index in [4.69, 9.17) is 10.5 Å². The quantitative estimate of drug-likeness (QED) is 0.838. The summed E-state index contributed by atoms with van der Waals surface area (Å²) in [5.41, 5.74) is 6.57. The fourth-order valence-electron chi connectivity index (χ4n) is 1.41. The molecule has 0 radical (unpaired) electrons. The molecule has 0 bridgehead atoms. The van der Waals surface area contributed by atoms with Gasteiger partial charge < -0.3 is 10.5 Å². The molecule has 1 aromatic rings. The third-order valence-corrected chi connectivity index (χ3v) is 2.18. The lowest BCUT2D eigenvalue weighted by Gasteiger charge is -2.14. The smallest absolute Gasteiger partial charge is 0.257 e. The number of nitrogens with two attached hydrogens (primary N) is 1. The van der Waals surface area contributed by atoms with E-state index in [1.165, 1.54) is 0 Å². The first-order chi connectivity index (χ1) is 7.06. The van der Waals surface area contributed by atoms with Crippen molar-refractivity contribution >= 4 is 0 Å². The van der Waals surface area contributed by atoms with Crippen LogP contribution in [0.15, 0.2) is 18.2 Å². The summed E-state index contributed by atoms with van der Waals surface area (Å²) in [6, 6.07) is 3.76. The first-order valence-corrected chi connectivity index (χ1v) is 4.83. The second-order valence-corrected chi connectivity index (χ2v) is 3.31. The van der Waals surface area contributed by atoms with Gasteiger partial charge in [0.05, 0.1) is 12.6 Å². The zero-order chi connectivity index (χ0) is 11.4. The standard InChI is InChI=1S/C11H15F2NO/c1-3-15-8-4-5-9(7(2)6-8)10(14)11(12)13/h4-6,10-11H,3,14H2,1-2H3. The summed E-state index contributed by atoms with van der Waals surface area (Å²) >= 11 is 0. The molecule has 84 valence electrons. The van der Waals surface area contributed by atoms with Crippen LogP contribution >= 0.6 is 0 Å². The molecule has 0 aliphatic carbocycles. The number of ether oxygens (including phenoxy) is 1. The van der Waals surface area contributed by atoms with Crippen molar-refractivity contribution in [3.8, 4) is 5.75 Å². The van der Waals surface area contributed by atoms with Crippen molar-refractivity contribution in [1.82, 2.24) is 0 Å². The summed E-state index contributed by atoms with van der Waals surface area (Å²) < 4.78 is 30.0. The Bertz CT molecular complexity index is 328. The minimum Gasteiger partial charge on any atom is -0.494 e. The lowest BCUT2D eigenvalue weighted by Crippen LogP contribution is -2.19. The van der Waals surface area contributed by atoms with Gasteiger partial charge in [0.1, 0.15) is 5.75 Å². The highest BCUT2D eigenvalue weighted by molar-refractivity contribution is 5.36. The third kappa shape index (κ3) is 2.89. The average molecular weight is 215 g/mol. The fourth-order valence-corrected chi connectivity index (χ4v) is 1.41. The van der Waals surface area contributed by atoms with Crippen LogP contribution in [0.2, 0.25) is 0 Å². The maximum absolute atomic E-state index is 12.4. The van der Waals surface area contributed by atoms with Gasteiger partial charge in [-0.05, 0) is 37.1 Å². The molecular formula is C11H15F2NO. The maximum atomic E-state index is 12.4. The van der Waals surface area contributed by atoms with Gasteiger partial charge in [0.2, 0.25) is 0 Å². The lowest BCUT2D eigenvalue weighted by molar-refractivity contribution is 0.116. The largest absolute Gasteiger partial charge is 0.494 e. The van der Waals surface area contributed by atoms with Crippen molar-refractivity contribution in [2.24, 2.45) is 5.73 Å². The molecule has 2 N–H and O–H groups in total. The summed E-state index contributed by atoms with van der Waals surface area (Å²) in [6.07, 6.45) is -2.54. The van der Waals surface area contributed by atoms with E-state index in [-0.39, 0.29) is 0 Å². The van der Waals surface area contributed by atoms with Crippen LogP contribution in [0.1, 0.15) is 24.1 Å². The summed E-state index contributed by atoms with van der Waals surface area (Å²) in [7, 11) is 0. The molecule has 1 atom stereocenters. The van der Waals surface area contributed by atoms with Crippen molar-refractivity contribution in [2.75, 3.05) is 6.61 Å². The molecule has 0 spiro atoms. The van der Waals surface area contributed by atoms with E-state index in [1.807, 2.05) is 6.92 Å². The van der Waals surface area contributed by atoms with E-state index in [0.717, 1.165) is 5.56 Å². The van der Waals surface area contributed by atoms with Crippen LogP contribution in [0.5, 0.6) is 5.75 Å². The molecule has 0 amide bonds. The monoisotopic (exact) mass is 215 g/mol. The van der Waals surface area contributed by atoms with E-state index in [2.05, 4.69) is 0 Å². The van der Waals surface area contributed by atoms with E-state index in [1.54, 1.807) is 25.1 Å². The Kier molecular flexibility index (Phi) is 4.03. The molecule has 1 rings (SSSR count). The zero-order valence-electron chi connectivity index (χ0n) is 8.84. The molecule has 15 heavy (non-hydrogen) atoms. The Morgan fingerprint density at radius 2 is 2.07 bits per heavy atom. The Balaban J connectivity index is 2.92. The third-order valence-electron chi connectivity index (χ3n) is 2.18. The summed E-state index contributed by atoms with van der Waals surface area (Å²) in [5.74, 6) is 0.681. The summed E-state index contributed by atoms with van der Waals surface area (Å²) in [6.45, 7) is 4.17. The Hall–Kier alpha value is -1.16. The minimum atomic E-state index is -2.54. The molecule has 0 heterocycles. The van der Waals surface area contributed by atoms with E-state index < -0.39 is 12.5 Å². The fraction of sp³-hybridized carbons (Fsp3) is 0.455. The van der Waals surface area contributed by atoms with Gasteiger partial charge in [-0.1, -0.05) is 6.07 Å². The van der Waals surface area contributed by atoms with Gasteiger partial charge >= 0.3 is 0 Å². The minimum absolute atomic E-state index is 0.466. The van der Waals surface area contributed by atoms with Crippen molar-refractivity contribution in [3.63, 3.8) is 0 Å². The lowest BCUT2D eigenvalue weighted by atomic mass is 10.0. The molecule has 0 aliphatic rings. The predicted octanol–water partition coefficient (Wildman–Crippen LogP) is 2.66. The number of benzene rings is 1. The van der Waals surface area contributed by atoms with Crippen molar-refractivity contribution < 1.29 is 13.5 Å². The number of hydrogen-bond donors (Lipinski definition) is 1. The molecule has 4 heteroatoms. The molecule has 0 saturated carbocycles. The van der Waals surface area contributed by atoms with Crippen LogP contribution in [0.25, 0.3) is 0 Å². The van der Waals surface area contributed by atoms with Crippen molar-refractivity contribution in [2.45, 2.75) is 26.3 Å². The predicted molar refractivity (Wildman–Crippen MR) is 55.3 cm³/mol. The average Bonchev–Trinajstić information content (AvgIpc) is 2.17. The topological polar surface area (TPSA) is 35.2 Å². The number of hydrogen-bond acceptors (Lipinski definition) is 2. The van der Waals surface area contributed by atoms with Gasteiger partial charge in [0.15, 0.2) is 0 Å². The molecule has 1 aromatic carbocycles.